The summed E-state index contributed by atoms with van der Waals surface area (Å²) in [5.74, 6) is 1.31. The van der Waals surface area contributed by atoms with Crippen molar-refractivity contribution in [1.82, 2.24) is 20.4 Å². The van der Waals surface area contributed by atoms with Crippen LogP contribution in [-0.4, -0.2) is 47.1 Å². The second kappa shape index (κ2) is 10.8. The van der Waals surface area contributed by atoms with E-state index in [0.29, 0.717) is 31.3 Å². The number of carbonyl (C=O) groups is 1. The maximum Gasteiger partial charge on any atom is 0.241 e. The van der Waals surface area contributed by atoms with Crippen LogP contribution < -0.4 is 10.2 Å². The van der Waals surface area contributed by atoms with Crippen LogP contribution in [0.5, 0.6) is 0 Å². The second-order valence-corrected chi connectivity index (χ2v) is 9.38. The van der Waals surface area contributed by atoms with Crippen LogP contribution in [0.1, 0.15) is 43.6 Å². The molecule has 178 valence electrons. The molecular weight excluding hydrogens is 426 g/mol. The van der Waals surface area contributed by atoms with Crippen molar-refractivity contribution in [3.63, 3.8) is 0 Å². The van der Waals surface area contributed by atoms with Gasteiger partial charge in [-0.2, -0.15) is 4.98 Å². The number of hydrogen-bond acceptors (Lipinski definition) is 6. The van der Waals surface area contributed by atoms with Gasteiger partial charge >= 0.3 is 0 Å². The van der Waals surface area contributed by atoms with E-state index >= 15 is 0 Å². The molecule has 0 saturated carbocycles. The van der Waals surface area contributed by atoms with Crippen molar-refractivity contribution in [1.29, 1.82) is 0 Å². The first-order valence-electron chi connectivity index (χ1n) is 12.5. The molecule has 0 spiro atoms. The zero-order valence-electron chi connectivity index (χ0n) is 19.7. The van der Waals surface area contributed by atoms with E-state index in [4.69, 9.17) is 4.52 Å². The largest absolute Gasteiger partial charge is 0.372 e. The molecule has 1 atom stereocenters. The van der Waals surface area contributed by atoms with Gasteiger partial charge in [-0.05, 0) is 56.3 Å². The Bertz CT molecular complexity index is 1060. The van der Waals surface area contributed by atoms with E-state index in [1.165, 1.54) is 24.9 Å². The zero-order chi connectivity index (χ0) is 23.2. The van der Waals surface area contributed by atoms with Crippen LogP contribution in [0.2, 0.25) is 0 Å². The predicted octanol–water partition coefficient (Wildman–Crippen LogP) is 4.26. The monoisotopic (exact) mass is 459 g/mol. The van der Waals surface area contributed by atoms with Crippen LogP contribution in [0.4, 0.5) is 5.69 Å². The molecule has 1 unspecified atom stereocenters. The molecule has 1 amide bonds. The molecule has 1 N–H and O–H groups in total. The summed E-state index contributed by atoms with van der Waals surface area (Å²) in [6.07, 6.45) is 5.79. The van der Waals surface area contributed by atoms with Gasteiger partial charge in [-0.1, -0.05) is 47.6 Å². The summed E-state index contributed by atoms with van der Waals surface area (Å²) in [5, 5.41) is 7.26. The first-order valence-corrected chi connectivity index (χ1v) is 12.5. The van der Waals surface area contributed by atoms with Gasteiger partial charge in [0.05, 0.1) is 12.5 Å². The zero-order valence-corrected chi connectivity index (χ0v) is 19.7. The van der Waals surface area contributed by atoms with Gasteiger partial charge in [0.2, 0.25) is 17.6 Å². The van der Waals surface area contributed by atoms with Gasteiger partial charge in [0.25, 0.3) is 0 Å². The van der Waals surface area contributed by atoms with Gasteiger partial charge in [0.15, 0.2) is 0 Å². The first-order chi connectivity index (χ1) is 16.7. The maximum atomic E-state index is 12.9. The summed E-state index contributed by atoms with van der Waals surface area (Å²) in [6.45, 7) is 5.08. The Morgan fingerprint density at radius 3 is 2.56 bits per heavy atom. The third-order valence-corrected chi connectivity index (χ3v) is 6.86. The predicted molar refractivity (Wildman–Crippen MR) is 132 cm³/mol. The van der Waals surface area contributed by atoms with E-state index in [-0.39, 0.29) is 11.8 Å². The molecule has 7 nitrogen and oxygen atoms in total. The highest BCUT2D eigenvalue weighted by Crippen LogP contribution is 2.22. The number of nitrogens with one attached hydrogen (secondary N) is 1. The van der Waals surface area contributed by atoms with Gasteiger partial charge < -0.3 is 14.7 Å². The minimum Gasteiger partial charge on any atom is -0.372 e. The number of nitrogens with zero attached hydrogens (tertiary/aromatic N) is 4. The fourth-order valence-corrected chi connectivity index (χ4v) is 4.94. The Kier molecular flexibility index (Phi) is 7.19. The molecule has 1 aromatic heterocycles. The van der Waals surface area contributed by atoms with Crippen molar-refractivity contribution in [2.75, 3.05) is 31.1 Å². The van der Waals surface area contributed by atoms with E-state index < -0.39 is 0 Å². The van der Waals surface area contributed by atoms with Crippen LogP contribution in [0, 0.1) is 5.92 Å². The lowest BCUT2D eigenvalue weighted by molar-refractivity contribution is -0.127. The van der Waals surface area contributed by atoms with Crippen molar-refractivity contribution >= 4 is 11.6 Å². The van der Waals surface area contributed by atoms with Crippen LogP contribution >= 0.6 is 0 Å². The summed E-state index contributed by atoms with van der Waals surface area (Å²) in [4.78, 5) is 22.1. The lowest BCUT2D eigenvalue weighted by Crippen LogP contribution is -2.42. The molecule has 34 heavy (non-hydrogen) atoms. The molecule has 3 aromatic rings. The second-order valence-electron chi connectivity index (χ2n) is 9.38. The number of anilines is 1. The quantitative estimate of drug-likeness (QED) is 0.569. The number of carbonyl (C=O) groups excluding carboxylic acids is 1. The normalized spacial score (nSPS) is 19.2. The highest BCUT2D eigenvalue weighted by atomic mass is 16.5. The van der Waals surface area contributed by atoms with Crippen LogP contribution in [0.25, 0.3) is 11.4 Å². The summed E-state index contributed by atoms with van der Waals surface area (Å²) in [7, 11) is 0. The van der Waals surface area contributed by atoms with Crippen molar-refractivity contribution < 1.29 is 9.32 Å². The number of rotatable bonds is 7. The van der Waals surface area contributed by atoms with Crippen molar-refractivity contribution in [2.24, 2.45) is 5.92 Å². The fourth-order valence-electron chi connectivity index (χ4n) is 4.94. The van der Waals surface area contributed by atoms with E-state index in [9.17, 15) is 4.79 Å². The van der Waals surface area contributed by atoms with Gasteiger partial charge in [0, 0.05) is 37.4 Å². The Balaban J connectivity index is 1.11. The van der Waals surface area contributed by atoms with E-state index in [1.807, 2.05) is 30.3 Å². The Hall–Kier alpha value is -3.19. The number of benzene rings is 2. The third kappa shape index (κ3) is 5.65. The van der Waals surface area contributed by atoms with Gasteiger partial charge in [-0.15, -0.1) is 0 Å². The van der Waals surface area contributed by atoms with Crippen molar-refractivity contribution in [3.05, 3.63) is 66.1 Å². The lowest BCUT2D eigenvalue weighted by atomic mass is 9.97. The fraction of sp³-hybridized carbons (Fsp3) is 0.444. The van der Waals surface area contributed by atoms with Gasteiger partial charge in [-0.25, -0.2) is 0 Å². The summed E-state index contributed by atoms with van der Waals surface area (Å²) >= 11 is 0. The number of piperidine rings is 2. The van der Waals surface area contributed by atoms with E-state index in [0.717, 1.165) is 43.6 Å². The smallest absolute Gasteiger partial charge is 0.241 e. The van der Waals surface area contributed by atoms with Crippen molar-refractivity contribution in [2.45, 2.75) is 45.2 Å². The standard InChI is InChI=1S/C27H33N5O2/c33-27(28-18-21-11-13-24(14-12-21)32-16-5-2-6-17-32)23-10-7-15-31(19-23)20-25-29-26(30-34-25)22-8-3-1-4-9-22/h1,3-4,8-9,11-14,23H,2,5-7,10,15-20H2,(H,28,33). The Morgan fingerprint density at radius 1 is 0.971 bits per heavy atom. The average molecular weight is 460 g/mol. The molecule has 2 aliphatic rings. The summed E-state index contributed by atoms with van der Waals surface area (Å²) in [6, 6.07) is 18.5. The average Bonchev–Trinajstić information content (AvgIpc) is 3.37. The number of likely N-dealkylation sites (tertiary alicyclic amines) is 1. The molecule has 7 heteroatoms. The van der Waals surface area contributed by atoms with Gasteiger partial charge in [-0.3, -0.25) is 9.69 Å². The summed E-state index contributed by atoms with van der Waals surface area (Å²) < 4.78 is 5.47. The molecule has 5 rings (SSSR count). The van der Waals surface area contributed by atoms with E-state index in [1.54, 1.807) is 0 Å². The highest BCUT2D eigenvalue weighted by Gasteiger charge is 2.27. The van der Waals surface area contributed by atoms with Gasteiger partial charge in [0.1, 0.15) is 0 Å². The van der Waals surface area contributed by atoms with Crippen LogP contribution in [0.3, 0.4) is 0 Å². The number of amides is 1. The maximum absolute atomic E-state index is 12.9. The molecular formula is C27H33N5O2. The van der Waals surface area contributed by atoms with Crippen LogP contribution in [0.15, 0.2) is 59.1 Å². The Morgan fingerprint density at radius 2 is 1.76 bits per heavy atom. The van der Waals surface area contributed by atoms with Crippen molar-refractivity contribution in [3.8, 4) is 11.4 Å². The molecule has 0 aliphatic carbocycles. The molecule has 2 aliphatic heterocycles. The molecule has 0 bridgehead atoms. The molecule has 0 radical (unpaired) electrons. The number of hydrogen-bond donors (Lipinski definition) is 1. The molecule has 3 heterocycles. The summed E-state index contributed by atoms with van der Waals surface area (Å²) in [5.41, 5.74) is 3.37. The highest BCUT2D eigenvalue weighted by molar-refractivity contribution is 5.79. The number of aromatic nitrogens is 2. The molecule has 2 fully saturated rings. The molecule has 2 saturated heterocycles. The minimum atomic E-state index is -0.0158. The van der Waals surface area contributed by atoms with E-state index in [2.05, 4.69) is 49.5 Å². The van der Waals surface area contributed by atoms with Crippen LogP contribution in [-0.2, 0) is 17.9 Å². The third-order valence-electron chi connectivity index (χ3n) is 6.86. The molecule has 2 aromatic carbocycles. The SMILES string of the molecule is O=C(NCc1ccc(N2CCCCC2)cc1)C1CCCN(Cc2nc(-c3ccccc3)no2)C1. The Labute approximate surface area is 201 Å². The first kappa shape index (κ1) is 22.6. The minimum absolute atomic E-state index is 0.0158. The topological polar surface area (TPSA) is 74.5 Å². The lowest BCUT2D eigenvalue weighted by Gasteiger charge is -2.31.